The van der Waals surface area contributed by atoms with Crippen molar-refractivity contribution < 1.29 is 18.8 Å². The maximum Gasteiger partial charge on any atom is 0.291 e. The summed E-state index contributed by atoms with van der Waals surface area (Å²) in [5.74, 6) is 0.846. The van der Waals surface area contributed by atoms with Crippen molar-refractivity contribution in [2.24, 2.45) is 0 Å². The van der Waals surface area contributed by atoms with Crippen molar-refractivity contribution >= 4 is 28.3 Å². The van der Waals surface area contributed by atoms with Gasteiger partial charge in [-0.25, -0.2) is 0 Å². The standard InChI is InChI=1S/C23H27N3O3/c1-4-25-11-13-26(14-12-25)20-8-6-5-7-19(20)24-23(27)22-16(2)18-15-17(28-3)9-10-21(18)29-22/h5-10,15H,4,11-14H2,1-3H3,(H,24,27)/p+1. The number of nitrogens with one attached hydrogen (secondary N) is 2. The molecule has 2 heterocycles. The summed E-state index contributed by atoms with van der Waals surface area (Å²) in [5, 5.41) is 3.96. The quantitative estimate of drug-likeness (QED) is 0.699. The SMILES string of the molecule is CC[NH+]1CCN(c2ccccc2NC(=O)c2oc3ccc(OC)cc3c2C)CC1. The van der Waals surface area contributed by atoms with E-state index in [1.165, 1.54) is 0 Å². The number of nitrogens with zero attached hydrogens (tertiary/aromatic N) is 1. The number of ether oxygens (including phenoxy) is 1. The molecule has 29 heavy (non-hydrogen) atoms. The second-order valence-corrected chi connectivity index (χ2v) is 7.48. The van der Waals surface area contributed by atoms with Crippen LogP contribution in [0.25, 0.3) is 11.0 Å². The first-order valence-corrected chi connectivity index (χ1v) is 10.2. The number of furan rings is 1. The molecular formula is C23H28N3O3+. The number of rotatable bonds is 5. The fourth-order valence-corrected chi connectivity index (χ4v) is 4.00. The number of anilines is 2. The number of quaternary nitrogens is 1. The van der Waals surface area contributed by atoms with Gasteiger partial charge in [-0.1, -0.05) is 12.1 Å². The highest BCUT2D eigenvalue weighted by molar-refractivity contribution is 6.07. The topological polar surface area (TPSA) is 59.2 Å². The van der Waals surface area contributed by atoms with Crippen LogP contribution in [0.4, 0.5) is 11.4 Å². The van der Waals surface area contributed by atoms with Gasteiger partial charge in [0.05, 0.1) is 51.2 Å². The molecular weight excluding hydrogens is 366 g/mol. The van der Waals surface area contributed by atoms with Crippen molar-refractivity contribution in [1.82, 2.24) is 0 Å². The molecule has 1 saturated heterocycles. The van der Waals surface area contributed by atoms with E-state index < -0.39 is 0 Å². The van der Waals surface area contributed by atoms with Crippen LogP contribution in [0, 0.1) is 6.92 Å². The first-order valence-electron chi connectivity index (χ1n) is 10.2. The number of hydrogen-bond donors (Lipinski definition) is 2. The number of piperazine rings is 1. The third-order valence-electron chi connectivity index (χ3n) is 5.81. The summed E-state index contributed by atoms with van der Waals surface area (Å²) in [6.07, 6.45) is 0. The number of likely N-dealkylation sites (N-methyl/N-ethyl adjacent to an activating group) is 1. The van der Waals surface area contributed by atoms with Gasteiger partial charge in [-0.2, -0.15) is 0 Å². The predicted molar refractivity (Wildman–Crippen MR) is 115 cm³/mol. The zero-order valence-electron chi connectivity index (χ0n) is 17.2. The number of carbonyl (C=O) groups excluding carboxylic acids is 1. The third-order valence-corrected chi connectivity index (χ3v) is 5.81. The van der Waals surface area contributed by atoms with E-state index in [1.807, 2.05) is 43.3 Å². The van der Waals surface area contributed by atoms with Crippen molar-refractivity contribution in [3.63, 3.8) is 0 Å². The van der Waals surface area contributed by atoms with Crippen LogP contribution >= 0.6 is 0 Å². The molecule has 0 bridgehead atoms. The minimum atomic E-state index is -0.233. The van der Waals surface area contributed by atoms with Crippen molar-refractivity contribution in [2.75, 3.05) is 50.1 Å². The second-order valence-electron chi connectivity index (χ2n) is 7.48. The van der Waals surface area contributed by atoms with E-state index in [0.29, 0.717) is 11.3 Å². The van der Waals surface area contributed by atoms with Gasteiger partial charge in [0.2, 0.25) is 0 Å². The summed E-state index contributed by atoms with van der Waals surface area (Å²) in [5.41, 5.74) is 3.37. The molecule has 0 unspecified atom stereocenters. The fraction of sp³-hybridized carbons (Fsp3) is 0.348. The lowest BCUT2D eigenvalue weighted by Gasteiger charge is -2.34. The zero-order valence-corrected chi connectivity index (χ0v) is 17.2. The Bertz CT molecular complexity index is 1020. The van der Waals surface area contributed by atoms with Gasteiger partial charge >= 0.3 is 0 Å². The Hall–Kier alpha value is -2.99. The third kappa shape index (κ3) is 3.80. The van der Waals surface area contributed by atoms with Crippen LogP contribution in [0.2, 0.25) is 0 Å². The smallest absolute Gasteiger partial charge is 0.291 e. The predicted octanol–water partition coefficient (Wildman–Crippen LogP) is 2.73. The Labute approximate surface area is 171 Å². The van der Waals surface area contributed by atoms with Gasteiger partial charge in [0, 0.05) is 10.9 Å². The highest BCUT2D eigenvalue weighted by Crippen LogP contribution is 2.31. The summed E-state index contributed by atoms with van der Waals surface area (Å²) in [6.45, 7) is 9.48. The average Bonchev–Trinajstić information content (AvgIpc) is 3.10. The average molecular weight is 394 g/mol. The monoisotopic (exact) mass is 394 g/mol. The molecule has 0 radical (unpaired) electrons. The number of hydrogen-bond acceptors (Lipinski definition) is 4. The number of methoxy groups -OCH3 is 1. The van der Waals surface area contributed by atoms with Gasteiger partial charge in [0.1, 0.15) is 11.3 Å². The molecule has 2 aromatic carbocycles. The summed E-state index contributed by atoms with van der Waals surface area (Å²) in [4.78, 5) is 17.0. The molecule has 4 rings (SSSR count). The zero-order chi connectivity index (χ0) is 20.4. The lowest BCUT2D eigenvalue weighted by atomic mass is 10.1. The van der Waals surface area contributed by atoms with Crippen molar-refractivity contribution in [3.05, 3.63) is 53.8 Å². The molecule has 2 N–H and O–H groups in total. The van der Waals surface area contributed by atoms with Crippen molar-refractivity contribution in [2.45, 2.75) is 13.8 Å². The van der Waals surface area contributed by atoms with Crippen molar-refractivity contribution in [3.8, 4) is 5.75 Å². The molecule has 1 aliphatic rings. The van der Waals surface area contributed by atoms with Crippen LogP contribution in [0.1, 0.15) is 23.0 Å². The molecule has 1 fully saturated rings. The molecule has 6 nitrogen and oxygen atoms in total. The summed E-state index contributed by atoms with van der Waals surface area (Å²) in [7, 11) is 1.63. The summed E-state index contributed by atoms with van der Waals surface area (Å²) >= 11 is 0. The summed E-state index contributed by atoms with van der Waals surface area (Å²) in [6, 6.07) is 13.6. The van der Waals surface area contributed by atoms with E-state index in [9.17, 15) is 4.79 Å². The van der Waals surface area contributed by atoms with Gasteiger partial charge < -0.3 is 24.3 Å². The molecule has 6 heteroatoms. The van der Waals surface area contributed by atoms with Crippen LogP contribution in [0.3, 0.4) is 0 Å². The Morgan fingerprint density at radius 2 is 1.97 bits per heavy atom. The van der Waals surface area contributed by atoms with Gasteiger partial charge in [-0.05, 0) is 44.2 Å². The second kappa shape index (κ2) is 8.17. The minimum absolute atomic E-state index is 0.233. The lowest BCUT2D eigenvalue weighted by Crippen LogP contribution is -3.14. The van der Waals surface area contributed by atoms with Crippen LogP contribution in [0.15, 0.2) is 46.9 Å². The van der Waals surface area contributed by atoms with Gasteiger partial charge in [0.15, 0.2) is 5.76 Å². The maximum atomic E-state index is 13.0. The largest absolute Gasteiger partial charge is 0.497 e. The molecule has 1 amide bonds. The molecule has 0 spiro atoms. The van der Waals surface area contributed by atoms with Crippen LogP contribution < -0.4 is 19.9 Å². The number of carbonyl (C=O) groups is 1. The maximum absolute atomic E-state index is 13.0. The van der Waals surface area contributed by atoms with E-state index in [-0.39, 0.29) is 5.91 Å². The van der Waals surface area contributed by atoms with Gasteiger partial charge in [0.25, 0.3) is 5.91 Å². The van der Waals surface area contributed by atoms with E-state index in [1.54, 1.807) is 12.0 Å². The molecule has 1 aromatic heterocycles. The number of aryl methyl sites for hydroxylation is 1. The Balaban J connectivity index is 1.58. The van der Waals surface area contributed by atoms with Gasteiger partial charge in [-0.3, -0.25) is 4.79 Å². The minimum Gasteiger partial charge on any atom is -0.497 e. The van der Waals surface area contributed by atoms with E-state index in [2.05, 4.69) is 23.2 Å². The number of benzene rings is 2. The number of para-hydroxylation sites is 2. The molecule has 1 aliphatic heterocycles. The van der Waals surface area contributed by atoms with Crippen molar-refractivity contribution in [1.29, 1.82) is 0 Å². The highest BCUT2D eigenvalue weighted by Gasteiger charge is 2.23. The Morgan fingerprint density at radius 1 is 1.21 bits per heavy atom. The first-order chi connectivity index (χ1) is 14.1. The fourth-order valence-electron chi connectivity index (χ4n) is 4.00. The van der Waals surface area contributed by atoms with Crippen LogP contribution in [-0.2, 0) is 0 Å². The molecule has 0 aliphatic carbocycles. The molecule has 152 valence electrons. The molecule has 0 atom stereocenters. The lowest BCUT2D eigenvalue weighted by molar-refractivity contribution is -0.898. The number of amides is 1. The van der Waals surface area contributed by atoms with Crippen LogP contribution in [0.5, 0.6) is 5.75 Å². The molecule has 0 saturated carbocycles. The molecule has 3 aromatic rings. The highest BCUT2D eigenvalue weighted by atomic mass is 16.5. The number of fused-ring (bicyclic) bond motifs is 1. The Morgan fingerprint density at radius 3 is 2.69 bits per heavy atom. The summed E-state index contributed by atoms with van der Waals surface area (Å²) < 4.78 is 11.2. The Kier molecular flexibility index (Phi) is 5.45. The van der Waals surface area contributed by atoms with E-state index in [4.69, 9.17) is 9.15 Å². The normalized spacial score (nSPS) is 14.9. The first kappa shape index (κ1) is 19.3. The van der Waals surface area contributed by atoms with Crippen LogP contribution in [-0.4, -0.2) is 45.7 Å². The van der Waals surface area contributed by atoms with E-state index in [0.717, 1.165) is 60.8 Å². The van der Waals surface area contributed by atoms with Gasteiger partial charge in [-0.15, -0.1) is 0 Å². The van der Waals surface area contributed by atoms with E-state index >= 15 is 0 Å².